The molecule has 26 heavy (non-hydrogen) atoms. The number of carbonyl (C=O) groups is 2. The van der Waals surface area contributed by atoms with Crippen LogP contribution < -0.4 is 10.9 Å². The maximum Gasteiger partial charge on any atom is 0.286 e. The number of hydrazine groups is 1. The molecule has 3 N–H and O–H groups in total. The molecule has 0 saturated heterocycles. The van der Waals surface area contributed by atoms with Gasteiger partial charge in [-0.3, -0.25) is 20.4 Å². The lowest BCUT2D eigenvalue weighted by Crippen LogP contribution is -2.41. The van der Waals surface area contributed by atoms with Crippen LogP contribution in [0.1, 0.15) is 34.7 Å². The fraction of sp³-hybridized carbons (Fsp3) is 0.250. The molecule has 0 aliphatic rings. The van der Waals surface area contributed by atoms with Gasteiger partial charge in [-0.05, 0) is 40.2 Å². The standard InChI is InChI=1S/C16H19BrN4O4S/c1-3-21(4-2)26(24,25)13-7-5-6-11(8-13)15(22)19-20-16(23)14-9-12(17)10-18-14/h5-10,18H,3-4H2,1-2H3,(H,19,22)(H,20,23). The SMILES string of the molecule is CCN(CC)S(=O)(=O)c1cccc(C(=O)NNC(=O)c2cc(Br)c[nH]2)c1. The highest BCUT2D eigenvalue weighted by Gasteiger charge is 2.22. The lowest BCUT2D eigenvalue weighted by Gasteiger charge is -2.18. The van der Waals surface area contributed by atoms with Gasteiger partial charge in [0.15, 0.2) is 0 Å². The average molecular weight is 443 g/mol. The molecule has 0 fully saturated rings. The van der Waals surface area contributed by atoms with E-state index in [1.807, 2.05) is 0 Å². The van der Waals surface area contributed by atoms with Gasteiger partial charge in [0, 0.05) is 29.3 Å². The van der Waals surface area contributed by atoms with Crippen molar-refractivity contribution in [1.82, 2.24) is 20.1 Å². The molecular formula is C16H19BrN4O4S. The first-order valence-corrected chi connectivity index (χ1v) is 10.1. The Kier molecular flexibility index (Phi) is 6.57. The van der Waals surface area contributed by atoms with Crippen LogP contribution in [0.5, 0.6) is 0 Å². The number of aromatic nitrogens is 1. The Morgan fingerprint density at radius 2 is 1.77 bits per heavy atom. The molecule has 0 radical (unpaired) electrons. The topological polar surface area (TPSA) is 111 Å². The van der Waals surface area contributed by atoms with Crippen LogP contribution in [0.4, 0.5) is 0 Å². The van der Waals surface area contributed by atoms with Crippen molar-refractivity contribution in [3.05, 3.63) is 52.3 Å². The molecule has 1 aromatic heterocycles. The molecule has 0 spiro atoms. The smallest absolute Gasteiger partial charge is 0.286 e. The van der Waals surface area contributed by atoms with Gasteiger partial charge in [0.1, 0.15) is 5.69 Å². The Balaban J connectivity index is 2.12. The first-order valence-electron chi connectivity index (χ1n) is 7.84. The molecule has 2 aromatic rings. The number of benzene rings is 1. The molecule has 2 rings (SSSR count). The molecule has 0 atom stereocenters. The van der Waals surface area contributed by atoms with Crippen molar-refractivity contribution in [2.24, 2.45) is 0 Å². The van der Waals surface area contributed by atoms with Crippen molar-refractivity contribution < 1.29 is 18.0 Å². The third kappa shape index (κ3) is 4.51. The summed E-state index contributed by atoms with van der Waals surface area (Å²) in [6, 6.07) is 7.21. The van der Waals surface area contributed by atoms with Crippen molar-refractivity contribution in [2.75, 3.05) is 13.1 Å². The summed E-state index contributed by atoms with van der Waals surface area (Å²) in [4.78, 5) is 26.9. The molecule has 2 amide bonds. The largest absolute Gasteiger partial charge is 0.356 e. The van der Waals surface area contributed by atoms with Gasteiger partial charge in [-0.25, -0.2) is 8.42 Å². The van der Waals surface area contributed by atoms with Crippen LogP contribution in [0, 0.1) is 0 Å². The predicted molar refractivity (Wildman–Crippen MR) is 100.0 cm³/mol. The van der Waals surface area contributed by atoms with Gasteiger partial charge >= 0.3 is 0 Å². The van der Waals surface area contributed by atoms with Gasteiger partial charge in [0.2, 0.25) is 10.0 Å². The maximum absolute atomic E-state index is 12.5. The maximum atomic E-state index is 12.5. The summed E-state index contributed by atoms with van der Waals surface area (Å²) in [6.45, 7) is 4.15. The second-order valence-electron chi connectivity index (χ2n) is 5.26. The Hall–Kier alpha value is -2.17. The van der Waals surface area contributed by atoms with Crippen LogP contribution in [0.2, 0.25) is 0 Å². The number of aromatic amines is 1. The molecule has 0 saturated carbocycles. The highest BCUT2D eigenvalue weighted by atomic mass is 79.9. The van der Waals surface area contributed by atoms with Gasteiger partial charge in [0.05, 0.1) is 4.90 Å². The van der Waals surface area contributed by atoms with Crippen LogP contribution in [-0.4, -0.2) is 42.6 Å². The molecule has 10 heteroatoms. The van der Waals surface area contributed by atoms with E-state index in [1.54, 1.807) is 26.1 Å². The minimum absolute atomic E-state index is 0.0217. The van der Waals surface area contributed by atoms with Gasteiger partial charge < -0.3 is 4.98 Å². The highest BCUT2D eigenvalue weighted by Crippen LogP contribution is 2.17. The lowest BCUT2D eigenvalue weighted by molar-refractivity contribution is 0.0844. The molecule has 1 heterocycles. The first-order chi connectivity index (χ1) is 12.3. The second kappa shape index (κ2) is 8.47. The van der Waals surface area contributed by atoms with Crippen molar-refractivity contribution in [3.63, 3.8) is 0 Å². The number of nitrogens with one attached hydrogen (secondary N) is 3. The van der Waals surface area contributed by atoms with Gasteiger partial charge in [-0.1, -0.05) is 19.9 Å². The average Bonchev–Trinajstić information content (AvgIpc) is 3.07. The zero-order chi connectivity index (χ0) is 19.3. The molecule has 140 valence electrons. The van der Waals surface area contributed by atoms with Crippen LogP contribution in [0.15, 0.2) is 45.9 Å². The van der Waals surface area contributed by atoms with Crippen LogP contribution in [0.3, 0.4) is 0 Å². The third-order valence-corrected chi connectivity index (χ3v) is 6.13. The molecule has 1 aromatic carbocycles. The zero-order valence-electron chi connectivity index (χ0n) is 14.2. The van der Waals surface area contributed by atoms with Gasteiger partial charge in [0.25, 0.3) is 11.8 Å². The van der Waals surface area contributed by atoms with E-state index in [2.05, 4.69) is 31.8 Å². The third-order valence-electron chi connectivity index (χ3n) is 3.62. The zero-order valence-corrected chi connectivity index (χ0v) is 16.6. The minimum atomic E-state index is -3.67. The molecule has 8 nitrogen and oxygen atoms in total. The van der Waals surface area contributed by atoms with Crippen molar-refractivity contribution in [1.29, 1.82) is 0 Å². The molecule has 0 aliphatic heterocycles. The molecule has 0 bridgehead atoms. The molecule has 0 unspecified atom stereocenters. The molecule has 0 aliphatic carbocycles. The van der Waals surface area contributed by atoms with E-state index in [0.29, 0.717) is 17.6 Å². The normalized spacial score (nSPS) is 11.4. The summed E-state index contributed by atoms with van der Waals surface area (Å²) in [5.74, 6) is -1.16. The Bertz CT molecular complexity index is 906. The second-order valence-corrected chi connectivity index (χ2v) is 8.11. The van der Waals surface area contributed by atoms with E-state index in [4.69, 9.17) is 0 Å². The Morgan fingerprint density at radius 3 is 2.35 bits per heavy atom. The fourth-order valence-corrected chi connectivity index (χ4v) is 4.11. The van der Waals surface area contributed by atoms with Crippen LogP contribution in [0.25, 0.3) is 0 Å². The van der Waals surface area contributed by atoms with Crippen LogP contribution in [-0.2, 0) is 10.0 Å². The van der Waals surface area contributed by atoms with Gasteiger partial charge in [-0.15, -0.1) is 0 Å². The van der Waals surface area contributed by atoms with E-state index in [-0.39, 0.29) is 16.2 Å². The Labute approximate surface area is 160 Å². The number of amides is 2. The minimum Gasteiger partial charge on any atom is -0.356 e. The first kappa shape index (κ1) is 20.1. The monoisotopic (exact) mass is 442 g/mol. The Morgan fingerprint density at radius 1 is 1.12 bits per heavy atom. The predicted octanol–water partition coefficient (Wildman–Crippen LogP) is 1.88. The number of nitrogens with zero attached hydrogens (tertiary/aromatic N) is 1. The van der Waals surface area contributed by atoms with E-state index < -0.39 is 21.8 Å². The number of carbonyl (C=O) groups excluding carboxylic acids is 2. The van der Waals surface area contributed by atoms with E-state index in [9.17, 15) is 18.0 Å². The van der Waals surface area contributed by atoms with E-state index in [1.165, 1.54) is 28.6 Å². The quantitative estimate of drug-likeness (QED) is 0.592. The van der Waals surface area contributed by atoms with Crippen molar-refractivity contribution >= 4 is 37.8 Å². The number of halogens is 1. The summed E-state index contributed by atoms with van der Waals surface area (Å²) in [7, 11) is -3.67. The number of sulfonamides is 1. The number of hydrogen-bond donors (Lipinski definition) is 3. The highest BCUT2D eigenvalue weighted by molar-refractivity contribution is 9.10. The van der Waals surface area contributed by atoms with E-state index in [0.717, 1.165) is 0 Å². The van der Waals surface area contributed by atoms with Crippen molar-refractivity contribution in [3.8, 4) is 0 Å². The number of H-pyrrole nitrogens is 1. The number of hydrogen-bond acceptors (Lipinski definition) is 4. The van der Waals surface area contributed by atoms with E-state index >= 15 is 0 Å². The van der Waals surface area contributed by atoms with Crippen molar-refractivity contribution in [2.45, 2.75) is 18.7 Å². The molecular weight excluding hydrogens is 424 g/mol. The summed E-state index contributed by atoms with van der Waals surface area (Å²) in [6.07, 6.45) is 1.58. The fourth-order valence-electron chi connectivity index (χ4n) is 2.26. The number of rotatable bonds is 6. The summed E-state index contributed by atoms with van der Waals surface area (Å²) in [5, 5.41) is 0. The van der Waals surface area contributed by atoms with Crippen LogP contribution >= 0.6 is 15.9 Å². The summed E-state index contributed by atoms with van der Waals surface area (Å²) >= 11 is 3.21. The lowest BCUT2D eigenvalue weighted by atomic mass is 10.2. The summed E-state index contributed by atoms with van der Waals surface area (Å²) < 4.78 is 27.1. The van der Waals surface area contributed by atoms with Gasteiger partial charge in [-0.2, -0.15) is 4.31 Å². The summed E-state index contributed by atoms with van der Waals surface area (Å²) in [5.41, 5.74) is 4.90.